The van der Waals surface area contributed by atoms with Gasteiger partial charge in [0, 0.05) is 11.8 Å². The minimum absolute atomic E-state index is 0.0337. The van der Waals surface area contributed by atoms with E-state index in [9.17, 15) is 9.90 Å². The summed E-state index contributed by atoms with van der Waals surface area (Å²) in [6, 6.07) is 0. The van der Waals surface area contributed by atoms with E-state index in [0.29, 0.717) is 11.8 Å². The molecule has 1 fully saturated rings. The topological polar surface area (TPSA) is 37.3 Å². The number of aliphatic hydroxyl groups excluding tert-OH is 1. The molecule has 0 aromatic carbocycles. The maximum Gasteiger partial charge on any atom is 0.141 e. The Balaban J connectivity index is 2.72. The maximum absolute atomic E-state index is 11.7. The molecular weight excluding hydrogens is 164 g/mol. The average Bonchev–Trinajstić information content (AvgIpc) is 2.09. The highest BCUT2D eigenvalue weighted by atomic mass is 16.3. The van der Waals surface area contributed by atoms with Crippen LogP contribution < -0.4 is 0 Å². The Morgan fingerprint density at radius 1 is 1.46 bits per heavy atom. The van der Waals surface area contributed by atoms with Gasteiger partial charge in [-0.05, 0) is 24.7 Å². The first-order valence-corrected chi connectivity index (χ1v) is 5.22. The third-order valence-electron chi connectivity index (χ3n) is 3.35. The summed E-state index contributed by atoms with van der Waals surface area (Å²) in [6.45, 7) is 6.28. The lowest BCUT2D eigenvalue weighted by atomic mass is 9.69. The summed E-state index contributed by atoms with van der Waals surface area (Å²) in [4.78, 5) is 11.7. The first kappa shape index (κ1) is 10.7. The molecule has 0 bridgehead atoms. The number of carbonyl (C=O) groups excluding carboxylic acids is 1. The van der Waals surface area contributed by atoms with E-state index in [0.717, 1.165) is 12.8 Å². The number of aliphatic hydroxyl groups is 1. The van der Waals surface area contributed by atoms with Gasteiger partial charge in [0.15, 0.2) is 0 Å². The van der Waals surface area contributed by atoms with E-state index in [2.05, 4.69) is 13.8 Å². The van der Waals surface area contributed by atoms with Gasteiger partial charge in [-0.15, -0.1) is 0 Å². The van der Waals surface area contributed by atoms with Crippen LogP contribution in [0.2, 0.25) is 0 Å². The van der Waals surface area contributed by atoms with E-state index in [-0.39, 0.29) is 24.2 Å². The first-order valence-electron chi connectivity index (χ1n) is 5.22. The zero-order valence-electron chi connectivity index (χ0n) is 8.79. The Bertz CT molecular complexity index is 187. The van der Waals surface area contributed by atoms with Crippen LogP contribution in [0.3, 0.4) is 0 Å². The van der Waals surface area contributed by atoms with Crippen molar-refractivity contribution in [3.8, 4) is 0 Å². The van der Waals surface area contributed by atoms with Crippen LogP contribution in [0.5, 0.6) is 0 Å². The summed E-state index contributed by atoms with van der Waals surface area (Å²) in [5.74, 6) is 1.24. The van der Waals surface area contributed by atoms with Crippen molar-refractivity contribution in [1.82, 2.24) is 0 Å². The molecule has 0 radical (unpaired) electrons. The van der Waals surface area contributed by atoms with Gasteiger partial charge in [0.1, 0.15) is 5.78 Å². The molecule has 1 rings (SSSR count). The lowest BCUT2D eigenvalue weighted by Gasteiger charge is -2.34. The highest BCUT2D eigenvalue weighted by Crippen LogP contribution is 2.35. The number of Topliss-reactive ketones (excluding diaryl/α,β-unsaturated/α-hetero) is 1. The molecule has 0 heterocycles. The van der Waals surface area contributed by atoms with Crippen LogP contribution in [-0.4, -0.2) is 17.5 Å². The minimum Gasteiger partial charge on any atom is -0.396 e. The molecule has 0 spiro atoms. The predicted octanol–water partition coefficient (Wildman–Crippen LogP) is 1.87. The standard InChI is InChI=1S/C11H20O2/c1-7(2)9-5-4-8(3)11(13)10(9)6-12/h7-10,12H,4-6H2,1-3H3/t8-,9+,10+/m1/s1. The Morgan fingerprint density at radius 3 is 2.54 bits per heavy atom. The second-order valence-corrected chi connectivity index (χ2v) is 4.58. The molecule has 76 valence electrons. The minimum atomic E-state index is -0.0938. The van der Waals surface area contributed by atoms with Crippen molar-refractivity contribution in [2.75, 3.05) is 6.61 Å². The second kappa shape index (κ2) is 4.23. The molecule has 2 nitrogen and oxygen atoms in total. The van der Waals surface area contributed by atoms with Crippen molar-refractivity contribution in [3.05, 3.63) is 0 Å². The highest BCUT2D eigenvalue weighted by molar-refractivity contribution is 5.84. The van der Waals surface area contributed by atoms with Gasteiger partial charge in [0.2, 0.25) is 0 Å². The van der Waals surface area contributed by atoms with Gasteiger partial charge in [-0.25, -0.2) is 0 Å². The van der Waals surface area contributed by atoms with E-state index in [4.69, 9.17) is 0 Å². The fourth-order valence-corrected chi connectivity index (χ4v) is 2.39. The number of rotatable bonds is 2. The summed E-state index contributed by atoms with van der Waals surface area (Å²) in [7, 11) is 0. The second-order valence-electron chi connectivity index (χ2n) is 4.58. The number of hydrogen-bond donors (Lipinski definition) is 1. The van der Waals surface area contributed by atoms with Gasteiger partial charge in [0.25, 0.3) is 0 Å². The van der Waals surface area contributed by atoms with Crippen LogP contribution in [0.1, 0.15) is 33.6 Å². The van der Waals surface area contributed by atoms with Gasteiger partial charge in [-0.2, -0.15) is 0 Å². The van der Waals surface area contributed by atoms with Crippen molar-refractivity contribution >= 4 is 5.78 Å². The number of carbonyl (C=O) groups is 1. The highest BCUT2D eigenvalue weighted by Gasteiger charge is 2.36. The third kappa shape index (κ3) is 2.11. The van der Waals surface area contributed by atoms with E-state index in [1.165, 1.54) is 0 Å². The molecule has 0 saturated heterocycles. The summed E-state index contributed by atoms with van der Waals surface area (Å²) in [5.41, 5.74) is 0. The molecule has 0 aromatic rings. The van der Waals surface area contributed by atoms with E-state index >= 15 is 0 Å². The largest absolute Gasteiger partial charge is 0.396 e. The van der Waals surface area contributed by atoms with Crippen molar-refractivity contribution in [2.24, 2.45) is 23.7 Å². The predicted molar refractivity (Wildman–Crippen MR) is 52.3 cm³/mol. The molecule has 0 amide bonds. The summed E-state index contributed by atoms with van der Waals surface area (Å²) >= 11 is 0. The summed E-state index contributed by atoms with van der Waals surface area (Å²) in [6.07, 6.45) is 2.09. The van der Waals surface area contributed by atoms with Gasteiger partial charge in [-0.1, -0.05) is 20.8 Å². The van der Waals surface area contributed by atoms with Crippen LogP contribution in [-0.2, 0) is 4.79 Å². The first-order chi connectivity index (χ1) is 6.07. The Hall–Kier alpha value is -0.370. The van der Waals surface area contributed by atoms with E-state index in [1.54, 1.807) is 0 Å². The molecule has 2 heteroatoms. The van der Waals surface area contributed by atoms with E-state index in [1.807, 2.05) is 6.92 Å². The third-order valence-corrected chi connectivity index (χ3v) is 3.35. The molecule has 1 saturated carbocycles. The van der Waals surface area contributed by atoms with Crippen molar-refractivity contribution in [2.45, 2.75) is 33.6 Å². The average molecular weight is 184 g/mol. The quantitative estimate of drug-likeness (QED) is 0.711. The van der Waals surface area contributed by atoms with Crippen molar-refractivity contribution < 1.29 is 9.90 Å². The molecule has 0 unspecified atom stereocenters. The van der Waals surface area contributed by atoms with Crippen molar-refractivity contribution in [1.29, 1.82) is 0 Å². The fraction of sp³-hybridized carbons (Fsp3) is 0.909. The van der Waals surface area contributed by atoms with Crippen LogP contribution in [0.4, 0.5) is 0 Å². The van der Waals surface area contributed by atoms with Crippen LogP contribution >= 0.6 is 0 Å². The molecular formula is C11H20O2. The zero-order chi connectivity index (χ0) is 10.0. The maximum atomic E-state index is 11.7. The normalized spacial score (nSPS) is 35.5. The molecule has 1 aliphatic rings. The SMILES string of the molecule is CC(C)[C@@H]1CC[C@@H](C)C(=O)[C@H]1CO. The molecule has 0 aromatic heterocycles. The monoisotopic (exact) mass is 184 g/mol. The van der Waals surface area contributed by atoms with Crippen LogP contribution in [0, 0.1) is 23.7 Å². The number of ketones is 1. The van der Waals surface area contributed by atoms with Gasteiger partial charge in [-0.3, -0.25) is 4.79 Å². The lowest BCUT2D eigenvalue weighted by Crippen LogP contribution is -2.38. The fourth-order valence-electron chi connectivity index (χ4n) is 2.39. The summed E-state index contributed by atoms with van der Waals surface area (Å²) < 4.78 is 0. The lowest BCUT2D eigenvalue weighted by molar-refractivity contribution is -0.133. The Kier molecular flexibility index (Phi) is 3.48. The van der Waals surface area contributed by atoms with Crippen LogP contribution in [0.25, 0.3) is 0 Å². The van der Waals surface area contributed by atoms with E-state index < -0.39 is 0 Å². The van der Waals surface area contributed by atoms with Crippen LogP contribution in [0.15, 0.2) is 0 Å². The number of hydrogen-bond acceptors (Lipinski definition) is 2. The van der Waals surface area contributed by atoms with Crippen molar-refractivity contribution in [3.63, 3.8) is 0 Å². The molecule has 1 aliphatic carbocycles. The molecule has 3 atom stereocenters. The smallest absolute Gasteiger partial charge is 0.141 e. The van der Waals surface area contributed by atoms with Gasteiger partial charge >= 0.3 is 0 Å². The van der Waals surface area contributed by atoms with Gasteiger partial charge < -0.3 is 5.11 Å². The van der Waals surface area contributed by atoms with Gasteiger partial charge in [0.05, 0.1) is 6.61 Å². The molecule has 13 heavy (non-hydrogen) atoms. The summed E-state index contributed by atoms with van der Waals surface area (Å²) in [5, 5.41) is 9.18. The zero-order valence-corrected chi connectivity index (χ0v) is 8.79. The Labute approximate surface area is 80.3 Å². The Morgan fingerprint density at radius 2 is 2.08 bits per heavy atom. The molecule has 0 aliphatic heterocycles. The molecule has 1 N–H and O–H groups in total.